The van der Waals surface area contributed by atoms with Crippen molar-refractivity contribution in [2.24, 2.45) is 0 Å². The van der Waals surface area contributed by atoms with Gasteiger partial charge in [-0.05, 0) is 36.8 Å². The van der Waals surface area contributed by atoms with E-state index in [-0.39, 0.29) is 0 Å². The van der Waals surface area contributed by atoms with E-state index < -0.39 is 23.7 Å². The summed E-state index contributed by atoms with van der Waals surface area (Å²) in [5, 5.41) is 2.64. The largest absolute Gasteiger partial charge is 0.496 e. The van der Waals surface area contributed by atoms with Crippen LogP contribution in [-0.4, -0.2) is 27.2 Å². The maximum atomic E-state index is 12.9. The number of ether oxygens (including phenoxy) is 3. The molecule has 0 saturated carbocycles. The molecule has 0 aliphatic carbocycles. The van der Waals surface area contributed by atoms with Gasteiger partial charge in [-0.2, -0.15) is 13.2 Å². The molecule has 0 fully saturated rings. The van der Waals surface area contributed by atoms with Crippen molar-refractivity contribution in [3.05, 3.63) is 59.2 Å². The Morgan fingerprint density at radius 3 is 2.21 bits per heavy atom. The second-order valence-electron chi connectivity index (χ2n) is 6.14. The highest BCUT2D eigenvalue weighted by molar-refractivity contribution is 5.92. The quantitative estimate of drug-likeness (QED) is 0.678. The van der Waals surface area contributed by atoms with Crippen molar-refractivity contribution in [2.45, 2.75) is 19.1 Å². The fourth-order valence-electron chi connectivity index (χ4n) is 2.68. The summed E-state index contributed by atoms with van der Waals surface area (Å²) in [6, 6.07) is 7.51. The zero-order valence-corrected chi connectivity index (χ0v) is 16.5. The summed E-state index contributed by atoms with van der Waals surface area (Å²) >= 11 is 0. The van der Waals surface area contributed by atoms with Gasteiger partial charge in [0.25, 0.3) is 0 Å². The maximum absolute atomic E-state index is 12.9. The van der Waals surface area contributed by atoms with Gasteiger partial charge in [-0.15, -0.1) is 0 Å². The van der Waals surface area contributed by atoms with Gasteiger partial charge in [-0.3, -0.25) is 4.79 Å². The SMILES string of the molecule is COc1cc(OC)c(OC)cc1/C=C/C(=O)NC(C)c1cccc(C(F)(F)F)c1. The molecule has 8 heteroatoms. The van der Waals surface area contributed by atoms with Crippen molar-refractivity contribution in [3.8, 4) is 17.2 Å². The Hall–Kier alpha value is -3.16. The number of alkyl halides is 3. The van der Waals surface area contributed by atoms with Crippen molar-refractivity contribution in [2.75, 3.05) is 21.3 Å². The smallest absolute Gasteiger partial charge is 0.416 e. The molecule has 2 rings (SSSR count). The van der Waals surface area contributed by atoms with E-state index in [1.165, 1.54) is 45.6 Å². The third-order valence-electron chi connectivity index (χ3n) is 4.22. The fraction of sp³-hybridized carbons (Fsp3) is 0.286. The maximum Gasteiger partial charge on any atom is 0.416 e. The van der Waals surface area contributed by atoms with Gasteiger partial charge in [-0.1, -0.05) is 12.1 Å². The Kier molecular flexibility index (Phi) is 7.14. The normalized spacial score (nSPS) is 12.5. The number of rotatable bonds is 7. The number of amides is 1. The number of nitrogens with one attached hydrogen (secondary N) is 1. The van der Waals surface area contributed by atoms with Gasteiger partial charge in [0.2, 0.25) is 5.91 Å². The highest BCUT2D eigenvalue weighted by Gasteiger charge is 2.30. The molecule has 1 amide bonds. The molecule has 2 aromatic rings. The molecule has 0 aromatic heterocycles. The van der Waals surface area contributed by atoms with E-state index in [2.05, 4.69) is 5.32 Å². The Balaban J connectivity index is 2.16. The number of carbonyl (C=O) groups is 1. The van der Waals surface area contributed by atoms with Crippen LogP contribution in [0.2, 0.25) is 0 Å². The van der Waals surface area contributed by atoms with Crippen LogP contribution >= 0.6 is 0 Å². The average Bonchev–Trinajstić information content (AvgIpc) is 2.70. The Morgan fingerprint density at radius 2 is 1.62 bits per heavy atom. The lowest BCUT2D eigenvalue weighted by Gasteiger charge is -2.15. The van der Waals surface area contributed by atoms with E-state index in [0.29, 0.717) is 28.4 Å². The first-order valence-corrected chi connectivity index (χ1v) is 8.65. The van der Waals surface area contributed by atoms with Crippen LogP contribution < -0.4 is 19.5 Å². The molecule has 1 unspecified atom stereocenters. The van der Waals surface area contributed by atoms with Gasteiger partial charge >= 0.3 is 6.18 Å². The number of benzene rings is 2. The molecule has 2 aromatic carbocycles. The Bertz CT molecular complexity index is 894. The summed E-state index contributed by atoms with van der Waals surface area (Å²) in [4.78, 5) is 12.2. The molecule has 0 bridgehead atoms. The molecule has 1 atom stereocenters. The molecular weight excluding hydrogens is 387 g/mol. The number of carbonyl (C=O) groups excluding carboxylic acids is 1. The van der Waals surface area contributed by atoms with Crippen molar-refractivity contribution in [3.63, 3.8) is 0 Å². The van der Waals surface area contributed by atoms with Crippen molar-refractivity contribution in [1.82, 2.24) is 5.32 Å². The van der Waals surface area contributed by atoms with E-state index in [0.717, 1.165) is 12.1 Å². The first-order valence-electron chi connectivity index (χ1n) is 8.65. The summed E-state index contributed by atoms with van der Waals surface area (Å²) in [5.74, 6) is 0.944. The van der Waals surface area contributed by atoms with Crippen LogP contribution in [0.3, 0.4) is 0 Å². The highest BCUT2D eigenvalue weighted by atomic mass is 19.4. The van der Waals surface area contributed by atoms with Crippen LogP contribution in [-0.2, 0) is 11.0 Å². The van der Waals surface area contributed by atoms with Gasteiger partial charge in [0.15, 0.2) is 11.5 Å². The number of methoxy groups -OCH3 is 3. The molecule has 0 aliphatic rings. The fourth-order valence-corrected chi connectivity index (χ4v) is 2.68. The predicted molar refractivity (Wildman–Crippen MR) is 103 cm³/mol. The molecule has 0 aliphatic heterocycles. The Morgan fingerprint density at radius 1 is 1.00 bits per heavy atom. The summed E-state index contributed by atoms with van der Waals surface area (Å²) in [6.45, 7) is 1.61. The highest BCUT2D eigenvalue weighted by Crippen LogP contribution is 2.35. The lowest BCUT2D eigenvalue weighted by atomic mass is 10.0. The van der Waals surface area contributed by atoms with Gasteiger partial charge in [-0.25, -0.2) is 0 Å². The van der Waals surface area contributed by atoms with E-state index >= 15 is 0 Å². The van der Waals surface area contributed by atoms with Gasteiger partial charge in [0.1, 0.15) is 5.75 Å². The molecule has 0 spiro atoms. The number of halogens is 3. The molecular formula is C21H22F3NO4. The third-order valence-corrected chi connectivity index (χ3v) is 4.22. The lowest BCUT2D eigenvalue weighted by molar-refractivity contribution is -0.137. The topological polar surface area (TPSA) is 56.8 Å². The molecule has 29 heavy (non-hydrogen) atoms. The second kappa shape index (κ2) is 9.36. The molecule has 0 saturated heterocycles. The van der Waals surface area contributed by atoms with Crippen molar-refractivity contribution < 1.29 is 32.2 Å². The standard InChI is InChI=1S/C21H22F3NO4/c1-13(14-6-5-7-16(10-14)21(22,23)24)25-20(26)9-8-15-11-18(28-3)19(29-4)12-17(15)27-2/h5-13H,1-4H3,(H,25,26)/b9-8+. The van der Waals surface area contributed by atoms with Crippen molar-refractivity contribution >= 4 is 12.0 Å². The first kappa shape index (κ1) is 22.1. The van der Waals surface area contributed by atoms with Crippen LogP contribution in [0.25, 0.3) is 6.08 Å². The number of hydrogen-bond acceptors (Lipinski definition) is 4. The lowest BCUT2D eigenvalue weighted by Crippen LogP contribution is -2.24. The van der Waals surface area contributed by atoms with Gasteiger partial charge < -0.3 is 19.5 Å². The second-order valence-corrected chi connectivity index (χ2v) is 6.14. The minimum Gasteiger partial charge on any atom is -0.496 e. The number of hydrogen-bond donors (Lipinski definition) is 1. The first-order chi connectivity index (χ1) is 13.7. The summed E-state index contributed by atoms with van der Waals surface area (Å²) < 4.78 is 54.3. The van der Waals surface area contributed by atoms with Crippen LogP contribution in [0.15, 0.2) is 42.5 Å². The van der Waals surface area contributed by atoms with Crippen LogP contribution in [0.5, 0.6) is 17.2 Å². The van der Waals surface area contributed by atoms with Gasteiger partial charge in [0, 0.05) is 17.7 Å². The van der Waals surface area contributed by atoms with E-state index in [9.17, 15) is 18.0 Å². The van der Waals surface area contributed by atoms with E-state index in [1.54, 1.807) is 19.1 Å². The summed E-state index contributed by atoms with van der Waals surface area (Å²) in [5.41, 5.74) is 0.166. The molecule has 156 valence electrons. The van der Waals surface area contributed by atoms with Crippen LogP contribution in [0.4, 0.5) is 13.2 Å². The molecule has 0 heterocycles. The molecule has 1 N–H and O–H groups in total. The third kappa shape index (κ3) is 5.66. The van der Waals surface area contributed by atoms with E-state index in [1.807, 2.05) is 0 Å². The summed E-state index contributed by atoms with van der Waals surface area (Å²) in [6.07, 6.45) is -1.65. The van der Waals surface area contributed by atoms with Gasteiger partial charge in [0.05, 0.1) is 32.9 Å². The molecule has 5 nitrogen and oxygen atoms in total. The summed E-state index contributed by atoms with van der Waals surface area (Å²) in [7, 11) is 4.46. The minimum atomic E-state index is -4.44. The zero-order valence-electron chi connectivity index (χ0n) is 16.5. The predicted octanol–water partition coefficient (Wildman–Crippen LogP) is 4.62. The minimum absolute atomic E-state index is 0.352. The Labute approximate surface area is 167 Å². The van der Waals surface area contributed by atoms with Crippen molar-refractivity contribution in [1.29, 1.82) is 0 Å². The van der Waals surface area contributed by atoms with Crippen LogP contribution in [0.1, 0.15) is 29.7 Å². The molecule has 0 radical (unpaired) electrons. The zero-order chi connectivity index (χ0) is 21.6. The van der Waals surface area contributed by atoms with E-state index in [4.69, 9.17) is 14.2 Å². The monoisotopic (exact) mass is 409 g/mol. The van der Waals surface area contributed by atoms with Crippen LogP contribution in [0, 0.1) is 0 Å². The average molecular weight is 409 g/mol.